The minimum absolute atomic E-state index is 0.171. The predicted octanol–water partition coefficient (Wildman–Crippen LogP) is 5.01. The van der Waals surface area contributed by atoms with Crippen LogP contribution in [0.5, 0.6) is 0 Å². The molecule has 3 nitrogen and oxygen atoms in total. The van der Waals surface area contributed by atoms with E-state index in [1.807, 2.05) is 0 Å². The molecule has 2 heterocycles. The second-order valence-electron chi connectivity index (χ2n) is 9.78. The Morgan fingerprint density at radius 2 is 0.951 bits per heavy atom. The Hall–Kier alpha value is 2.46. The van der Waals surface area contributed by atoms with E-state index in [9.17, 15) is 0 Å². The van der Waals surface area contributed by atoms with Gasteiger partial charge in [-0.25, -0.2) is 0 Å². The SMILES string of the molecule is CCC1(CC)OC(CC)(CC)c2cc(B3OC(C)(C)C(C)(C)O3)ccc21.S=S=S=S=S=S=S=S=S=S=S=S=S=S=S. The molecule has 19 heteroatoms. The van der Waals surface area contributed by atoms with Crippen LogP contribution in [0.4, 0.5) is 0 Å². The minimum Gasteiger partial charge on any atom is -0.399 e. The lowest BCUT2D eigenvalue weighted by molar-refractivity contribution is -0.151. The highest BCUT2D eigenvalue weighted by atomic mass is 33.5. The van der Waals surface area contributed by atoms with E-state index >= 15 is 0 Å². The van der Waals surface area contributed by atoms with Crippen LogP contribution in [0.15, 0.2) is 18.2 Å². The Kier molecular flexibility index (Phi) is 18.7. The van der Waals surface area contributed by atoms with Crippen molar-refractivity contribution in [2.75, 3.05) is 0 Å². The Morgan fingerprint density at radius 1 is 0.585 bits per heavy atom. The van der Waals surface area contributed by atoms with Gasteiger partial charge in [0.15, 0.2) is 0 Å². The predicted molar refractivity (Wildman–Crippen MR) is 218 cm³/mol. The third kappa shape index (κ3) is 10.7. The van der Waals surface area contributed by atoms with Crippen molar-refractivity contribution in [3.63, 3.8) is 0 Å². The molecule has 0 spiro atoms. The highest BCUT2D eigenvalue weighted by molar-refractivity contribution is 8.76. The van der Waals surface area contributed by atoms with Gasteiger partial charge in [0.25, 0.3) is 0 Å². The summed E-state index contributed by atoms with van der Waals surface area (Å²) >= 11 is 9.45. The first kappa shape index (κ1) is 39.6. The van der Waals surface area contributed by atoms with Crippen molar-refractivity contribution in [1.29, 1.82) is 0 Å². The molecule has 2 aliphatic rings. The van der Waals surface area contributed by atoms with Gasteiger partial charge in [0, 0.05) is 138 Å². The van der Waals surface area contributed by atoms with Crippen LogP contribution in [0.1, 0.15) is 92.2 Å². The molecule has 1 fully saturated rings. The van der Waals surface area contributed by atoms with Gasteiger partial charge in [0.05, 0.1) is 22.4 Å². The van der Waals surface area contributed by atoms with Crippen LogP contribution in [0.3, 0.4) is 0 Å². The molecule has 0 saturated carbocycles. The molecule has 41 heavy (non-hydrogen) atoms. The van der Waals surface area contributed by atoms with E-state index in [0.29, 0.717) is 0 Å². The van der Waals surface area contributed by atoms with Crippen LogP contribution in [0, 0.1) is 0 Å². The largest absolute Gasteiger partial charge is 0.494 e. The van der Waals surface area contributed by atoms with Gasteiger partial charge in [-0.05, 0) is 70.0 Å². The number of hydrogen-bond donors (Lipinski definition) is 0. The van der Waals surface area contributed by atoms with Gasteiger partial charge in [0.2, 0.25) is 0 Å². The molecule has 234 valence electrons. The Morgan fingerprint density at radius 3 is 1.32 bits per heavy atom. The van der Waals surface area contributed by atoms with Gasteiger partial charge in [-0.15, -0.1) is 0 Å². The quantitative estimate of drug-likeness (QED) is 0.390. The van der Waals surface area contributed by atoms with Crippen molar-refractivity contribution in [2.24, 2.45) is 0 Å². The zero-order valence-corrected chi connectivity index (χ0v) is 36.2. The van der Waals surface area contributed by atoms with Crippen LogP contribution in [0.2, 0.25) is 0 Å². The molecule has 2 aliphatic heterocycles. The minimum atomic E-state index is -0.324. The third-order valence-corrected chi connectivity index (χ3v) is 34.2. The Labute approximate surface area is 293 Å². The molecular formula is C22H35BO3S15. The first-order valence-corrected chi connectivity index (χ1v) is 31.3. The summed E-state index contributed by atoms with van der Waals surface area (Å²) in [7, 11) is 21.4. The first-order chi connectivity index (χ1) is 19.5. The van der Waals surface area contributed by atoms with E-state index in [0.717, 1.165) is 31.1 Å². The topological polar surface area (TPSA) is 27.7 Å². The lowest BCUT2D eigenvalue weighted by Crippen LogP contribution is -2.41. The van der Waals surface area contributed by atoms with E-state index < -0.39 is 0 Å². The lowest BCUT2D eigenvalue weighted by atomic mass is 9.74. The maximum Gasteiger partial charge on any atom is 0.494 e. The van der Waals surface area contributed by atoms with Crippen molar-refractivity contribution in [3.05, 3.63) is 29.3 Å². The number of hydrogen-bond acceptors (Lipinski definition) is 5. The normalized spacial score (nSPS) is 18.3. The number of benzene rings is 1. The molecule has 1 saturated heterocycles. The van der Waals surface area contributed by atoms with E-state index in [1.165, 1.54) is 28.9 Å². The Bertz CT molecular complexity index is 1580. The number of fused-ring (bicyclic) bond motifs is 1. The van der Waals surface area contributed by atoms with Crippen LogP contribution in [0.25, 0.3) is 0 Å². The molecule has 1 aromatic carbocycles. The summed E-state index contributed by atoms with van der Waals surface area (Å²) in [4.78, 5) is 0. The highest BCUT2D eigenvalue weighted by Crippen LogP contribution is 2.53. The van der Waals surface area contributed by atoms with Gasteiger partial charge in [-0.2, -0.15) is 0 Å². The third-order valence-electron chi connectivity index (χ3n) is 7.56. The van der Waals surface area contributed by atoms with E-state index in [2.05, 4.69) is 73.6 Å². The molecule has 0 amide bonds. The molecule has 0 bridgehead atoms. The maximum absolute atomic E-state index is 6.82. The van der Waals surface area contributed by atoms with Crippen molar-refractivity contribution >= 4 is 150 Å². The summed E-state index contributed by atoms with van der Waals surface area (Å²) in [6.45, 7) is 17.3. The van der Waals surface area contributed by atoms with Gasteiger partial charge < -0.3 is 14.0 Å². The zero-order valence-electron chi connectivity index (χ0n) is 24.0. The standard InChI is InChI=1S/C22H35BO3.S15/c1-9-21(10-2)17-14-13-16(15-18(17)22(11-3,12-4)24-21)23-25-19(5,6)20(7,8)26-23;1-3-5-7-9-11-13-15-14-12-10-8-6-4-2/h13-15H,9-12H2,1-8H3;. The summed E-state index contributed by atoms with van der Waals surface area (Å²) in [5.74, 6) is 0. The summed E-state index contributed by atoms with van der Waals surface area (Å²) in [5.41, 5.74) is 2.76. The fourth-order valence-corrected chi connectivity index (χ4v) is 34.8. The lowest BCUT2D eigenvalue weighted by Gasteiger charge is -2.34. The zero-order chi connectivity index (χ0) is 30.6. The van der Waals surface area contributed by atoms with Gasteiger partial charge >= 0.3 is 7.12 Å². The van der Waals surface area contributed by atoms with Crippen molar-refractivity contribution in [2.45, 2.75) is 103 Å². The van der Waals surface area contributed by atoms with E-state index in [1.54, 1.807) is 97.7 Å². The van der Waals surface area contributed by atoms with Crippen LogP contribution in [-0.4, -0.2) is 18.3 Å². The monoisotopic (exact) mass is 838 g/mol. The van der Waals surface area contributed by atoms with Gasteiger partial charge in [-0.1, -0.05) is 45.9 Å². The number of ether oxygens (including phenoxy) is 1. The van der Waals surface area contributed by atoms with Crippen molar-refractivity contribution in [3.8, 4) is 0 Å². The summed E-state index contributed by atoms with van der Waals surface area (Å²) in [6.07, 6.45) is 3.94. The molecule has 3 rings (SSSR count). The van der Waals surface area contributed by atoms with Crippen LogP contribution < -0.4 is 5.46 Å². The summed E-state index contributed by atoms with van der Waals surface area (Å²) in [5, 5.41) is 0. The molecule has 0 radical (unpaired) electrons. The van der Waals surface area contributed by atoms with Crippen LogP contribution in [-0.2, 0) is 163 Å². The molecule has 0 atom stereocenters. The van der Waals surface area contributed by atoms with Crippen LogP contribution >= 0.6 is 0 Å². The maximum atomic E-state index is 6.82. The summed E-state index contributed by atoms with van der Waals surface area (Å²) in [6, 6.07) is 6.72. The molecule has 0 aromatic heterocycles. The Balaban J connectivity index is 0.000000337. The average molecular weight is 839 g/mol. The van der Waals surface area contributed by atoms with Gasteiger partial charge in [0.1, 0.15) is 0 Å². The second kappa shape index (κ2) is 19.3. The summed E-state index contributed by atoms with van der Waals surface area (Å²) < 4.78 is 19.4. The van der Waals surface area contributed by atoms with E-state index in [-0.39, 0.29) is 29.5 Å². The van der Waals surface area contributed by atoms with E-state index in [4.69, 9.17) is 36.4 Å². The fourth-order valence-electron chi connectivity index (χ4n) is 4.62. The smallest absolute Gasteiger partial charge is 0.399 e. The van der Waals surface area contributed by atoms with Crippen molar-refractivity contribution in [1.82, 2.24) is 0 Å². The number of rotatable bonds is 5. The second-order valence-corrected chi connectivity index (χ2v) is 32.8. The molecule has 0 aliphatic carbocycles. The molecular weight excluding hydrogens is 804 g/mol. The highest BCUT2D eigenvalue weighted by Gasteiger charge is 2.54. The molecule has 0 N–H and O–H groups in total. The van der Waals surface area contributed by atoms with Crippen molar-refractivity contribution < 1.29 is 14.0 Å². The molecule has 1 aromatic rings. The molecule has 0 unspecified atom stereocenters. The van der Waals surface area contributed by atoms with Gasteiger partial charge in [-0.3, -0.25) is 0 Å². The first-order valence-electron chi connectivity index (χ1n) is 12.6. The fraction of sp³-hybridized carbons (Fsp3) is 0.727. The average Bonchev–Trinajstić information content (AvgIpc) is 3.38.